The summed E-state index contributed by atoms with van der Waals surface area (Å²) in [5.41, 5.74) is 5.37. The Hall–Kier alpha value is -0.980. The molecule has 0 saturated heterocycles. The van der Waals surface area contributed by atoms with Crippen LogP contribution in [0.3, 0.4) is 0 Å². The van der Waals surface area contributed by atoms with E-state index in [-0.39, 0.29) is 30.3 Å². The molecule has 0 aromatic heterocycles. The Kier molecular flexibility index (Phi) is 6.12. The molecule has 7 heteroatoms. The lowest BCUT2D eigenvalue weighted by Gasteiger charge is -2.30. The number of hydrogen-bond acceptors (Lipinski definition) is 3. The second kappa shape index (κ2) is 6.45. The number of rotatable bonds is 4. The number of aliphatic hydroxyl groups excluding tert-OH is 1. The molecule has 0 unspecified atom stereocenters. The van der Waals surface area contributed by atoms with Crippen LogP contribution >= 0.6 is 12.4 Å². The molecule has 0 bridgehead atoms. The first-order chi connectivity index (χ1) is 8.17. The Morgan fingerprint density at radius 2 is 1.79 bits per heavy atom. The van der Waals surface area contributed by atoms with Gasteiger partial charge in [0.05, 0.1) is 0 Å². The number of para-hydroxylation sites is 1. The largest absolute Gasteiger partial charge is 0.573 e. The van der Waals surface area contributed by atoms with Crippen LogP contribution < -0.4 is 10.5 Å². The van der Waals surface area contributed by atoms with E-state index < -0.39 is 17.8 Å². The Morgan fingerprint density at radius 1 is 1.26 bits per heavy atom. The van der Waals surface area contributed by atoms with Crippen molar-refractivity contribution in [2.75, 3.05) is 6.61 Å². The van der Waals surface area contributed by atoms with Crippen LogP contribution in [-0.4, -0.2) is 18.1 Å². The molecule has 3 nitrogen and oxygen atoms in total. The van der Waals surface area contributed by atoms with Gasteiger partial charge in [-0.2, -0.15) is 0 Å². The maximum atomic E-state index is 12.3. The lowest BCUT2D eigenvalue weighted by molar-refractivity contribution is -0.275. The van der Waals surface area contributed by atoms with Crippen molar-refractivity contribution in [3.63, 3.8) is 0 Å². The quantitative estimate of drug-likeness (QED) is 0.898. The monoisotopic (exact) mass is 299 g/mol. The van der Waals surface area contributed by atoms with Crippen molar-refractivity contribution >= 4 is 12.4 Å². The molecule has 0 radical (unpaired) electrons. The molecule has 0 aliphatic rings. The molecule has 0 fully saturated rings. The first-order valence-corrected chi connectivity index (χ1v) is 5.38. The standard InChI is InChI=1S/C12H16F3NO2.ClH/c1-11(2,7-17)10(16)8-5-3-4-6-9(8)18-12(13,14)15;/h3-6,10,17H,7,16H2,1-2H3;1H/t10-;/m0./s1. The minimum atomic E-state index is -4.76. The van der Waals surface area contributed by atoms with Crippen molar-refractivity contribution in [3.8, 4) is 5.75 Å². The topological polar surface area (TPSA) is 55.5 Å². The van der Waals surface area contributed by atoms with Gasteiger partial charge in [-0.15, -0.1) is 25.6 Å². The van der Waals surface area contributed by atoms with E-state index in [2.05, 4.69) is 4.74 Å². The van der Waals surface area contributed by atoms with E-state index in [1.807, 2.05) is 0 Å². The third-order valence-corrected chi connectivity index (χ3v) is 2.73. The number of aliphatic hydroxyl groups is 1. The summed E-state index contributed by atoms with van der Waals surface area (Å²) in [7, 11) is 0. The van der Waals surface area contributed by atoms with Gasteiger partial charge in [-0.1, -0.05) is 32.0 Å². The highest BCUT2D eigenvalue weighted by Gasteiger charge is 2.35. The van der Waals surface area contributed by atoms with Crippen LogP contribution in [0.5, 0.6) is 5.75 Å². The summed E-state index contributed by atoms with van der Waals surface area (Å²) in [5, 5.41) is 9.21. The SMILES string of the molecule is CC(C)(CO)[C@@H](N)c1ccccc1OC(F)(F)F.Cl. The number of ether oxygens (including phenoxy) is 1. The van der Waals surface area contributed by atoms with Crippen molar-refractivity contribution in [2.45, 2.75) is 26.3 Å². The van der Waals surface area contributed by atoms with Crippen LogP contribution in [0.2, 0.25) is 0 Å². The first-order valence-electron chi connectivity index (χ1n) is 5.38. The van der Waals surface area contributed by atoms with Crippen molar-refractivity contribution in [1.82, 2.24) is 0 Å². The van der Waals surface area contributed by atoms with Gasteiger partial charge in [-0.3, -0.25) is 0 Å². The third kappa shape index (κ3) is 4.89. The zero-order valence-electron chi connectivity index (χ0n) is 10.6. The highest BCUT2D eigenvalue weighted by Crippen LogP contribution is 2.37. The lowest BCUT2D eigenvalue weighted by Crippen LogP contribution is -2.33. The van der Waals surface area contributed by atoms with Gasteiger partial charge < -0.3 is 15.6 Å². The van der Waals surface area contributed by atoms with Crippen molar-refractivity contribution in [1.29, 1.82) is 0 Å². The smallest absolute Gasteiger partial charge is 0.405 e. The van der Waals surface area contributed by atoms with Gasteiger partial charge >= 0.3 is 6.36 Å². The fourth-order valence-electron chi connectivity index (χ4n) is 1.47. The summed E-state index contributed by atoms with van der Waals surface area (Å²) in [5.74, 6) is -0.334. The zero-order valence-corrected chi connectivity index (χ0v) is 11.4. The summed E-state index contributed by atoms with van der Waals surface area (Å²) < 4.78 is 40.7. The summed E-state index contributed by atoms with van der Waals surface area (Å²) in [6, 6.07) is 4.91. The average molecular weight is 300 g/mol. The molecule has 1 atom stereocenters. The van der Waals surface area contributed by atoms with Gasteiger partial charge in [0.15, 0.2) is 0 Å². The Morgan fingerprint density at radius 3 is 2.26 bits per heavy atom. The Bertz CT molecular complexity index is 410. The Labute approximate surface area is 116 Å². The van der Waals surface area contributed by atoms with Crippen molar-refractivity contribution < 1.29 is 23.0 Å². The van der Waals surface area contributed by atoms with Gasteiger partial charge in [0, 0.05) is 23.6 Å². The molecule has 1 aromatic carbocycles. The Balaban J connectivity index is 0.00000324. The fraction of sp³-hybridized carbons (Fsp3) is 0.500. The molecule has 0 spiro atoms. The molecular weight excluding hydrogens is 283 g/mol. The van der Waals surface area contributed by atoms with E-state index in [1.54, 1.807) is 19.9 Å². The first kappa shape index (κ1) is 18.0. The van der Waals surface area contributed by atoms with Gasteiger partial charge in [0.2, 0.25) is 0 Å². The lowest BCUT2D eigenvalue weighted by atomic mass is 9.81. The number of benzene rings is 1. The summed E-state index contributed by atoms with van der Waals surface area (Å²) in [6.45, 7) is 3.10. The number of alkyl halides is 3. The second-order valence-corrected chi connectivity index (χ2v) is 4.71. The van der Waals surface area contributed by atoms with Crippen LogP contribution in [0.25, 0.3) is 0 Å². The van der Waals surface area contributed by atoms with E-state index in [4.69, 9.17) is 5.73 Å². The van der Waals surface area contributed by atoms with Crippen molar-refractivity contribution in [3.05, 3.63) is 29.8 Å². The molecule has 0 saturated carbocycles. The minimum Gasteiger partial charge on any atom is -0.405 e. The number of halogens is 4. The highest BCUT2D eigenvalue weighted by molar-refractivity contribution is 5.85. The van der Waals surface area contributed by atoms with Gasteiger partial charge in [-0.25, -0.2) is 0 Å². The van der Waals surface area contributed by atoms with E-state index >= 15 is 0 Å². The van der Waals surface area contributed by atoms with E-state index in [0.717, 1.165) is 0 Å². The molecule has 110 valence electrons. The minimum absolute atomic E-state index is 0. The zero-order chi connectivity index (χ0) is 14.0. The highest BCUT2D eigenvalue weighted by atomic mass is 35.5. The van der Waals surface area contributed by atoms with Crippen LogP contribution in [0.15, 0.2) is 24.3 Å². The molecule has 0 aliphatic carbocycles. The van der Waals surface area contributed by atoms with Gasteiger partial charge in [0.25, 0.3) is 0 Å². The van der Waals surface area contributed by atoms with Crippen molar-refractivity contribution in [2.24, 2.45) is 11.1 Å². The molecule has 19 heavy (non-hydrogen) atoms. The van der Waals surface area contributed by atoms with Gasteiger partial charge in [-0.05, 0) is 6.07 Å². The summed E-state index contributed by atoms with van der Waals surface area (Å²) in [6.07, 6.45) is -4.76. The second-order valence-electron chi connectivity index (χ2n) is 4.71. The van der Waals surface area contributed by atoms with Gasteiger partial charge in [0.1, 0.15) is 5.75 Å². The maximum Gasteiger partial charge on any atom is 0.573 e. The van der Waals surface area contributed by atoms with Crippen LogP contribution in [0.1, 0.15) is 25.5 Å². The molecule has 0 amide bonds. The molecule has 0 aliphatic heterocycles. The molecular formula is C12H17ClF3NO2. The van der Waals surface area contributed by atoms with E-state index in [0.29, 0.717) is 0 Å². The maximum absolute atomic E-state index is 12.3. The molecule has 0 heterocycles. The van der Waals surface area contributed by atoms with Crippen LogP contribution in [0.4, 0.5) is 13.2 Å². The number of hydrogen-bond donors (Lipinski definition) is 2. The summed E-state index contributed by atoms with van der Waals surface area (Å²) in [4.78, 5) is 0. The number of nitrogens with two attached hydrogens (primary N) is 1. The molecule has 1 aromatic rings. The molecule has 3 N–H and O–H groups in total. The van der Waals surface area contributed by atoms with Crippen LogP contribution in [0, 0.1) is 5.41 Å². The normalized spacial score (nSPS) is 13.6. The fourth-order valence-corrected chi connectivity index (χ4v) is 1.47. The predicted molar refractivity (Wildman–Crippen MR) is 68.2 cm³/mol. The predicted octanol–water partition coefficient (Wildman–Crippen LogP) is 3.03. The third-order valence-electron chi connectivity index (χ3n) is 2.73. The summed E-state index contributed by atoms with van der Waals surface area (Å²) >= 11 is 0. The van der Waals surface area contributed by atoms with E-state index in [1.165, 1.54) is 18.2 Å². The molecule has 1 rings (SSSR count). The van der Waals surface area contributed by atoms with E-state index in [9.17, 15) is 18.3 Å². The average Bonchev–Trinajstić information content (AvgIpc) is 2.26. The van der Waals surface area contributed by atoms with Crippen LogP contribution in [-0.2, 0) is 0 Å².